The van der Waals surface area contributed by atoms with Gasteiger partial charge in [0, 0.05) is 31.8 Å². The zero-order chi connectivity index (χ0) is 28.7. The molecular formula is C25H30F3N7O5. The number of Topliss-reactive ketones (excluding diaryl/α,β-unsaturated/α-hetero) is 1. The number of fused-ring (bicyclic) bond motifs is 4. The summed E-state index contributed by atoms with van der Waals surface area (Å²) in [5.41, 5.74) is 0.520. The number of nitrogens with zero attached hydrogens (tertiary/aromatic N) is 6. The number of carbonyl (C=O) groups is 2. The van der Waals surface area contributed by atoms with Gasteiger partial charge in [-0.25, -0.2) is 19.7 Å². The molecule has 15 heteroatoms. The SMILES string of the molecule is C[C@@H](CC(=O)c1ncc2c(n1)N(C(=O)Nc1nccc(OC[C@@H]3COC(C)(C)O3)n1)[C@H]1CCCN2C1)C(F)(F)F. The molecule has 2 aromatic heterocycles. The molecule has 2 amide bonds. The third-order valence-electron chi connectivity index (χ3n) is 6.93. The van der Waals surface area contributed by atoms with Gasteiger partial charge in [0.15, 0.2) is 17.4 Å². The summed E-state index contributed by atoms with van der Waals surface area (Å²) in [5, 5.41) is 2.65. The Labute approximate surface area is 228 Å². The van der Waals surface area contributed by atoms with Crippen LogP contribution in [0.2, 0.25) is 0 Å². The average Bonchev–Trinajstić information content (AvgIpc) is 3.25. The molecule has 0 aliphatic carbocycles. The lowest BCUT2D eigenvalue weighted by atomic mass is 10.00. The van der Waals surface area contributed by atoms with Crippen molar-refractivity contribution in [3.05, 3.63) is 24.3 Å². The van der Waals surface area contributed by atoms with Gasteiger partial charge in [-0.3, -0.25) is 15.0 Å². The third-order valence-corrected chi connectivity index (χ3v) is 6.93. The highest BCUT2D eigenvalue weighted by Crippen LogP contribution is 2.38. The first-order valence-electron chi connectivity index (χ1n) is 13.0. The Kier molecular flexibility index (Phi) is 7.52. The van der Waals surface area contributed by atoms with Crippen molar-refractivity contribution < 1.29 is 37.0 Å². The second kappa shape index (κ2) is 10.8. The summed E-state index contributed by atoms with van der Waals surface area (Å²) < 4.78 is 56.0. The fourth-order valence-corrected chi connectivity index (χ4v) is 4.87. The molecule has 3 atom stereocenters. The molecule has 0 radical (unpaired) electrons. The van der Waals surface area contributed by atoms with Crippen LogP contribution in [0, 0.1) is 5.92 Å². The van der Waals surface area contributed by atoms with Gasteiger partial charge in [0.25, 0.3) is 0 Å². The Morgan fingerprint density at radius 1 is 1.27 bits per heavy atom. The Hall–Kier alpha value is -3.59. The number of ketones is 1. The Balaban J connectivity index is 1.33. The van der Waals surface area contributed by atoms with Crippen molar-refractivity contribution in [3.8, 4) is 5.88 Å². The highest BCUT2D eigenvalue weighted by Gasteiger charge is 2.41. The number of halogens is 3. The summed E-state index contributed by atoms with van der Waals surface area (Å²) in [6.45, 7) is 6.33. The van der Waals surface area contributed by atoms with Crippen LogP contribution in [-0.2, 0) is 9.47 Å². The smallest absolute Gasteiger partial charge is 0.391 e. The third kappa shape index (κ3) is 6.09. The molecule has 2 fully saturated rings. The van der Waals surface area contributed by atoms with Gasteiger partial charge >= 0.3 is 12.2 Å². The van der Waals surface area contributed by atoms with Crippen LogP contribution in [0.1, 0.15) is 50.7 Å². The van der Waals surface area contributed by atoms with Gasteiger partial charge in [0.1, 0.15) is 12.7 Å². The van der Waals surface area contributed by atoms with E-state index in [0.29, 0.717) is 31.8 Å². The van der Waals surface area contributed by atoms with Crippen LogP contribution in [0.4, 0.5) is 35.4 Å². The van der Waals surface area contributed by atoms with E-state index >= 15 is 0 Å². The summed E-state index contributed by atoms with van der Waals surface area (Å²) in [5.74, 6) is -3.42. The maximum Gasteiger partial charge on any atom is 0.391 e. The molecule has 5 rings (SSSR count). The van der Waals surface area contributed by atoms with Crippen LogP contribution < -0.4 is 19.9 Å². The van der Waals surface area contributed by atoms with Gasteiger partial charge in [-0.05, 0) is 26.7 Å². The van der Waals surface area contributed by atoms with Crippen molar-refractivity contribution in [3.63, 3.8) is 0 Å². The van der Waals surface area contributed by atoms with E-state index in [1.165, 1.54) is 17.3 Å². The van der Waals surface area contributed by atoms with Gasteiger partial charge in [-0.1, -0.05) is 6.92 Å². The molecule has 0 saturated carbocycles. The first-order valence-corrected chi connectivity index (χ1v) is 13.0. The number of piperidine rings is 1. The monoisotopic (exact) mass is 565 g/mol. The number of anilines is 3. The second-order valence-corrected chi connectivity index (χ2v) is 10.5. The molecule has 12 nitrogen and oxygen atoms in total. The summed E-state index contributed by atoms with van der Waals surface area (Å²) in [6, 6.07) is 0.661. The van der Waals surface area contributed by atoms with Crippen molar-refractivity contribution in [1.29, 1.82) is 0 Å². The van der Waals surface area contributed by atoms with Gasteiger partial charge in [0.05, 0.1) is 30.5 Å². The maximum atomic E-state index is 13.5. The van der Waals surface area contributed by atoms with Crippen molar-refractivity contribution in [2.75, 3.05) is 41.4 Å². The molecule has 3 aliphatic rings. The molecule has 40 heavy (non-hydrogen) atoms. The molecule has 216 valence electrons. The number of ether oxygens (including phenoxy) is 3. The number of rotatable bonds is 7. The molecule has 2 aromatic rings. The van der Waals surface area contributed by atoms with Crippen LogP contribution >= 0.6 is 0 Å². The average molecular weight is 566 g/mol. The minimum Gasteiger partial charge on any atom is -0.475 e. The van der Waals surface area contributed by atoms with Crippen molar-refractivity contribution in [2.45, 2.75) is 64.1 Å². The van der Waals surface area contributed by atoms with E-state index in [1.54, 1.807) is 6.07 Å². The highest BCUT2D eigenvalue weighted by molar-refractivity contribution is 6.04. The predicted molar refractivity (Wildman–Crippen MR) is 135 cm³/mol. The summed E-state index contributed by atoms with van der Waals surface area (Å²) in [7, 11) is 0. The summed E-state index contributed by atoms with van der Waals surface area (Å²) >= 11 is 0. The number of amides is 2. The highest BCUT2D eigenvalue weighted by atomic mass is 19.4. The molecule has 2 bridgehead atoms. The van der Waals surface area contributed by atoms with E-state index in [2.05, 4.69) is 25.3 Å². The molecule has 3 aliphatic heterocycles. The van der Waals surface area contributed by atoms with Crippen molar-refractivity contribution in [2.24, 2.45) is 5.92 Å². The number of urea groups is 1. The van der Waals surface area contributed by atoms with E-state index in [0.717, 1.165) is 13.3 Å². The van der Waals surface area contributed by atoms with E-state index < -0.39 is 36.1 Å². The quantitative estimate of drug-likeness (QED) is 0.497. The number of aromatic nitrogens is 4. The topological polar surface area (TPSA) is 132 Å². The van der Waals surface area contributed by atoms with Gasteiger partial charge in [-0.2, -0.15) is 18.2 Å². The number of alkyl halides is 3. The number of hydrogen-bond donors (Lipinski definition) is 1. The fraction of sp³-hybridized carbons (Fsp3) is 0.600. The number of carbonyl (C=O) groups excluding carboxylic acids is 2. The molecule has 2 saturated heterocycles. The Bertz CT molecular complexity index is 1280. The first kappa shape index (κ1) is 28.0. The standard InChI is InChI=1S/C25H30F3N7O5/c1-14(25(26,27)28)9-18(36)20-30-10-17-21(32-20)35(15-5-4-8-34(17)11-15)23(37)33-22-29-7-6-19(31-22)38-12-16-13-39-24(2,3)40-16/h6-7,10,14-16H,4-5,8-9,11-13H2,1-3H3,(H,29,31,33,37)/t14-,15-,16+/m0/s1. The van der Waals surface area contributed by atoms with E-state index in [1.807, 2.05) is 18.7 Å². The van der Waals surface area contributed by atoms with Crippen molar-refractivity contribution >= 4 is 29.3 Å². The van der Waals surface area contributed by atoms with Crippen LogP contribution in [0.25, 0.3) is 0 Å². The lowest BCUT2D eigenvalue weighted by Gasteiger charge is -2.45. The van der Waals surface area contributed by atoms with Crippen molar-refractivity contribution in [1.82, 2.24) is 19.9 Å². The van der Waals surface area contributed by atoms with Gasteiger partial charge in [-0.15, -0.1) is 0 Å². The van der Waals surface area contributed by atoms with Crippen LogP contribution in [0.3, 0.4) is 0 Å². The van der Waals surface area contributed by atoms with Gasteiger partial charge < -0.3 is 19.1 Å². The predicted octanol–water partition coefficient (Wildman–Crippen LogP) is 3.59. The zero-order valence-corrected chi connectivity index (χ0v) is 22.3. The lowest BCUT2D eigenvalue weighted by Crippen LogP contribution is -2.56. The Morgan fingerprint density at radius 2 is 2.08 bits per heavy atom. The molecule has 0 aromatic carbocycles. The van der Waals surface area contributed by atoms with E-state index in [4.69, 9.17) is 14.2 Å². The van der Waals surface area contributed by atoms with Crippen LogP contribution in [-0.4, -0.2) is 82.2 Å². The Morgan fingerprint density at radius 3 is 2.80 bits per heavy atom. The molecule has 0 unspecified atom stereocenters. The zero-order valence-electron chi connectivity index (χ0n) is 22.3. The maximum absolute atomic E-state index is 13.5. The van der Waals surface area contributed by atoms with Crippen LogP contribution in [0.5, 0.6) is 5.88 Å². The fourth-order valence-electron chi connectivity index (χ4n) is 4.87. The molecule has 1 N–H and O–H groups in total. The molecule has 5 heterocycles. The minimum absolute atomic E-state index is 0.0180. The van der Waals surface area contributed by atoms with E-state index in [9.17, 15) is 22.8 Å². The van der Waals surface area contributed by atoms with Gasteiger partial charge in [0.2, 0.25) is 17.6 Å². The second-order valence-electron chi connectivity index (χ2n) is 10.5. The lowest BCUT2D eigenvalue weighted by molar-refractivity contribution is -0.168. The minimum atomic E-state index is -4.52. The summed E-state index contributed by atoms with van der Waals surface area (Å²) in [4.78, 5) is 46.2. The summed E-state index contributed by atoms with van der Waals surface area (Å²) in [6.07, 6.45) is -1.30. The largest absolute Gasteiger partial charge is 0.475 e. The molecular weight excluding hydrogens is 535 g/mol. The number of nitrogens with one attached hydrogen (secondary N) is 1. The molecule has 0 spiro atoms. The number of hydrogen-bond acceptors (Lipinski definition) is 10. The normalized spacial score (nSPS) is 22.4. The van der Waals surface area contributed by atoms with Crippen LogP contribution in [0.15, 0.2) is 18.5 Å². The van der Waals surface area contributed by atoms with E-state index in [-0.39, 0.29) is 42.2 Å². The first-order chi connectivity index (χ1) is 18.9.